The highest BCUT2D eigenvalue weighted by Crippen LogP contribution is 2.16. The molecule has 1 aliphatic rings. The first-order valence-electron chi connectivity index (χ1n) is 9.78. The Morgan fingerprint density at radius 2 is 1.76 bits per heavy atom. The zero-order valence-electron chi connectivity index (χ0n) is 16.5. The van der Waals surface area contributed by atoms with Crippen LogP contribution in [0.25, 0.3) is 0 Å². The van der Waals surface area contributed by atoms with Crippen molar-refractivity contribution in [2.24, 2.45) is 0 Å². The Bertz CT molecular complexity index is 956. The topological polar surface area (TPSA) is 74.2 Å². The van der Waals surface area contributed by atoms with Crippen LogP contribution in [0.2, 0.25) is 0 Å². The van der Waals surface area contributed by atoms with E-state index in [2.05, 4.69) is 25.2 Å². The van der Waals surface area contributed by atoms with Crippen molar-refractivity contribution >= 4 is 17.5 Å². The molecule has 7 heteroatoms. The fraction of sp³-hybridized carbons (Fsp3) is 0.273. The van der Waals surface area contributed by atoms with Gasteiger partial charge in [0, 0.05) is 45.0 Å². The molecule has 0 radical (unpaired) electrons. The molecule has 1 aliphatic heterocycles. The van der Waals surface area contributed by atoms with E-state index in [1.54, 1.807) is 12.3 Å². The molecule has 0 bridgehead atoms. The number of anilines is 2. The molecule has 0 spiro atoms. The van der Waals surface area contributed by atoms with E-state index in [1.165, 1.54) is 0 Å². The Morgan fingerprint density at radius 1 is 1.00 bits per heavy atom. The molecule has 3 heterocycles. The molecule has 4 rings (SSSR count). The van der Waals surface area contributed by atoms with Gasteiger partial charge in [0.25, 0.3) is 5.91 Å². The molecule has 0 saturated carbocycles. The minimum Gasteiger partial charge on any atom is -0.366 e. The number of rotatable bonds is 5. The molecular weight excluding hydrogens is 364 g/mol. The summed E-state index contributed by atoms with van der Waals surface area (Å²) in [7, 11) is 0. The lowest BCUT2D eigenvalue weighted by atomic mass is 10.2. The van der Waals surface area contributed by atoms with Gasteiger partial charge in [-0.15, -0.1) is 0 Å². The molecule has 3 aromatic rings. The van der Waals surface area contributed by atoms with Crippen molar-refractivity contribution in [3.05, 3.63) is 77.9 Å². The SMILES string of the molecule is Cc1nc(NCc2ccccc2)cc(C(=O)N2CCN(c3ccccn3)CC2)n1. The molecular formula is C22H24N6O. The number of benzene rings is 1. The normalized spacial score (nSPS) is 14.0. The van der Waals surface area contributed by atoms with Gasteiger partial charge in [-0.1, -0.05) is 36.4 Å². The van der Waals surface area contributed by atoms with Crippen molar-refractivity contribution in [2.75, 3.05) is 36.4 Å². The summed E-state index contributed by atoms with van der Waals surface area (Å²) < 4.78 is 0. The minimum atomic E-state index is -0.0565. The van der Waals surface area contributed by atoms with E-state index in [-0.39, 0.29) is 5.91 Å². The maximum atomic E-state index is 13.0. The largest absolute Gasteiger partial charge is 0.366 e. The smallest absolute Gasteiger partial charge is 0.272 e. The number of amides is 1. The van der Waals surface area contributed by atoms with Crippen LogP contribution < -0.4 is 10.2 Å². The number of aryl methyl sites for hydroxylation is 1. The van der Waals surface area contributed by atoms with Gasteiger partial charge < -0.3 is 15.1 Å². The van der Waals surface area contributed by atoms with E-state index in [9.17, 15) is 4.79 Å². The quantitative estimate of drug-likeness (QED) is 0.724. The first kappa shape index (κ1) is 18.9. The number of hydrogen-bond donors (Lipinski definition) is 1. The number of pyridine rings is 1. The van der Waals surface area contributed by atoms with E-state index in [1.807, 2.05) is 60.4 Å². The van der Waals surface area contributed by atoms with Gasteiger partial charge in [-0.25, -0.2) is 15.0 Å². The molecule has 0 aliphatic carbocycles. The van der Waals surface area contributed by atoms with E-state index in [0.29, 0.717) is 37.0 Å². The average molecular weight is 388 g/mol. The molecule has 1 saturated heterocycles. The molecule has 0 unspecified atom stereocenters. The number of hydrogen-bond acceptors (Lipinski definition) is 6. The van der Waals surface area contributed by atoms with Crippen LogP contribution in [0.15, 0.2) is 60.8 Å². The van der Waals surface area contributed by atoms with Crippen LogP contribution in [0.5, 0.6) is 0 Å². The Labute approximate surface area is 170 Å². The third-order valence-electron chi connectivity index (χ3n) is 4.91. The van der Waals surface area contributed by atoms with Gasteiger partial charge in [-0.05, 0) is 24.6 Å². The fourth-order valence-corrected chi connectivity index (χ4v) is 3.40. The number of nitrogens with one attached hydrogen (secondary N) is 1. The van der Waals surface area contributed by atoms with E-state index in [4.69, 9.17) is 0 Å². The number of piperazine rings is 1. The van der Waals surface area contributed by atoms with Crippen LogP contribution in [-0.2, 0) is 6.54 Å². The second kappa shape index (κ2) is 8.68. The van der Waals surface area contributed by atoms with Gasteiger partial charge >= 0.3 is 0 Å². The first-order valence-corrected chi connectivity index (χ1v) is 9.78. The molecule has 1 N–H and O–H groups in total. The van der Waals surface area contributed by atoms with Crippen LogP contribution in [-0.4, -0.2) is 51.9 Å². The predicted molar refractivity (Wildman–Crippen MR) is 113 cm³/mol. The minimum absolute atomic E-state index is 0.0565. The van der Waals surface area contributed by atoms with Gasteiger partial charge in [0.2, 0.25) is 0 Å². The Kier molecular flexibility index (Phi) is 5.65. The first-order chi connectivity index (χ1) is 14.2. The van der Waals surface area contributed by atoms with Crippen LogP contribution >= 0.6 is 0 Å². The van der Waals surface area contributed by atoms with Crippen molar-refractivity contribution in [2.45, 2.75) is 13.5 Å². The molecule has 148 valence electrons. The van der Waals surface area contributed by atoms with Crippen molar-refractivity contribution < 1.29 is 4.79 Å². The second-order valence-electron chi connectivity index (χ2n) is 6.99. The summed E-state index contributed by atoms with van der Waals surface area (Å²) in [5.41, 5.74) is 1.58. The maximum Gasteiger partial charge on any atom is 0.272 e. The molecule has 2 aromatic heterocycles. The predicted octanol–water partition coefficient (Wildman–Crippen LogP) is 2.75. The second-order valence-corrected chi connectivity index (χ2v) is 6.99. The van der Waals surface area contributed by atoms with Crippen LogP contribution in [0.1, 0.15) is 21.9 Å². The van der Waals surface area contributed by atoms with Gasteiger partial charge in [0.1, 0.15) is 23.2 Å². The lowest BCUT2D eigenvalue weighted by molar-refractivity contribution is 0.0740. The van der Waals surface area contributed by atoms with Gasteiger partial charge in [0.15, 0.2) is 0 Å². The van der Waals surface area contributed by atoms with E-state index < -0.39 is 0 Å². The summed E-state index contributed by atoms with van der Waals surface area (Å²) in [4.78, 5) is 30.2. The number of carbonyl (C=O) groups is 1. The average Bonchev–Trinajstić information content (AvgIpc) is 2.78. The fourth-order valence-electron chi connectivity index (χ4n) is 3.40. The maximum absolute atomic E-state index is 13.0. The zero-order valence-corrected chi connectivity index (χ0v) is 16.5. The Balaban J connectivity index is 1.40. The van der Waals surface area contributed by atoms with Crippen molar-refractivity contribution in [3.63, 3.8) is 0 Å². The summed E-state index contributed by atoms with van der Waals surface area (Å²) in [6, 6.07) is 17.7. The summed E-state index contributed by atoms with van der Waals surface area (Å²) in [5.74, 6) is 2.14. The molecule has 0 atom stereocenters. The van der Waals surface area contributed by atoms with Crippen molar-refractivity contribution in [1.29, 1.82) is 0 Å². The summed E-state index contributed by atoms with van der Waals surface area (Å²) in [5, 5.41) is 3.29. The standard InChI is InChI=1S/C22H24N6O/c1-17-25-19(15-20(26-17)24-16-18-7-3-2-4-8-18)22(29)28-13-11-27(12-14-28)21-9-5-6-10-23-21/h2-10,15H,11-14,16H2,1H3,(H,24,25,26). The Hall–Kier alpha value is -3.48. The van der Waals surface area contributed by atoms with Gasteiger partial charge in [0.05, 0.1) is 0 Å². The van der Waals surface area contributed by atoms with Gasteiger partial charge in [-0.2, -0.15) is 0 Å². The van der Waals surface area contributed by atoms with Gasteiger partial charge in [-0.3, -0.25) is 4.79 Å². The third-order valence-corrected chi connectivity index (χ3v) is 4.91. The van der Waals surface area contributed by atoms with Crippen LogP contribution in [0.4, 0.5) is 11.6 Å². The molecule has 1 fully saturated rings. The van der Waals surface area contributed by atoms with Crippen molar-refractivity contribution in [1.82, 2.24) is 19.9 Å². The highest BCUT2D eigenvalue weighted by Gasteiger charge is 2.24. The Morgan fingerprint density at radius 3 is 2.48 bits per heavy atom. The highest BCUT2D eigenvalue weighted by molar-refractivity contribution is 5.93. The number of aromatic nitrogens is 3. The molecule has 7 nitrogen and oxygen atoms in total. The van der Waals surface area contributed by atoms with E-state index >= 15 is 0 Å². The summed E-state index contributed by atoms with van der Waals surface area (Å²) >= 11 is 0. The van der Waals surface area contributed by atoms with E-state index in [0.717, 1.165) is 24.5 Å². The van der Waals surface area contributed by atoms with Crippen molar-refractivity contribution in [3.8, 4) is 0 Å². The molecule has 1 aromatic carbocycles. The van der Waals surface area contributed by atoms with Crippen LogP contribution in [0.3, 0.4) is 0 Å². The number of carbonyl (C=O) groups excluding carboxylic acids is 1. The number of nitrogens with zero attached hydrogens (tertiary/aromatic N) is 5. The molecule has 29 heavy (non-hydrogen) atoms. The van der Waals surface area contributed by atoms with Crippen LogP contribution in [0, 0.1) is 6.92 Å². The zero-order chi connectivity index (χ0) is 20.1. The lowest BCUT2D eigenvalue weighted by Crippen LogP contribution is -2.49. The molecule has 1 amide bonds. The lowest BCUT2D eigenvalue weighted by Gasteiger charge is -2.35. The summed E-state index contributed by atoms with van der Waals surface area (Å²) in [6.07, 6.45) is 1.79. The third kappa shape index (κ3) is 4.68. The summed E-state index contributed by atoms with van der Waals surface area (Å²) in [6.45, 7) is 5.26. The highest BCUT2D eigenvalue weighted by atomic mass is 16.2. The monoisotopic (exact) mass is 388 g/mol.